The molecule has 0 radical (unpaired) electrons. The molecule has 1 aromatic rings. The number of hydrogen-bond acceptors (Lipinski definition) is 5. The van der Waals surface area contributed by atoms with Crippen LogP contribution in [0.2, 0.25) is 0 Å². The van der Waals surface area contributed by atoms with Crippen LogP contribution in [0, 0.1) is 11.8 Å². The molecule has 0 spiro atoms. The summed E-state index contributed by atoms with van der Waals surface area (Å²) in [5.74, 6) is -1.42. The highest BCUT2D eigenvalue weighted by atomic mass is 79.9. The highest BCUT2D eigenvalue weighted by molar-refractivity contribution is 9.10. The van der Waals surface area contributed by atoms with E-state index in [-0.39, 0.29) is 16.9 Å². The zero-order valence-electron chi connectivity index (χ0n) is 14.8. The second-order valence-corrected chi connectivity index (χ2v) is 9.03. The van der Waals surface area contributed by atoms with Crippen LogP contribution in [0.15, 0.2) is 21.5 Å². The predicted molar refractivity (Wildman–Crippen MR) is 99.0 cm³/mol. The number of hydrogen-bond donors (Lipinski definition) is 3. The lowest BCUT2D eigenvalue weighted by Gasteiger charge is -2.27. The molecule has 158 valence electrons. The molecule has 1 saturated carbocycles. The maximum atomic E-state index is 12.8. The first-order valence-corrected chi connectivity index (χ1v) is 10.9. The Balaban J connectivity index is 2.25. The third-order valence-electron chi connectivity index (χ3n) is 4.66. The summed E-state index contributed by atoms with van der Waals surface area (Å²) in [5.41, 5.74) is 5.07. The highest BCUT2D eigenvalue weighted by Crippen LogP contribution is 2.37. The van der Waals surface area contributed by atoms with E-state index in [0.29, 0.717) is 12.5 Å². The predicted octanol–water partition coefficient (Wildman–Crippen LogP) is 2.49. The van der Waals surface area contributed by atoms with Gasteiger partial charge in [-0.15, -0.1) is 13.2 Å². The molecule has 5 N–H and O–H groups in total. The lowest BCUT2D eigenvalue weighted by atomic mass is 9.82. The Hall–Kier alpha value is -1.37. The van der Waals surface area contributed by atoms with Gasteiger partial charge < -0.3 is 15.8 Å². The summed E-state index contributed by atoms with van der Waals surface area (Å²) in [6.45, 7) is 0.856. The van der Waals surface area contributed by atoms with Gasteiger partial charge in [-0.25, -0.2) is 13.6 Å². The molecule has 0 bridgehead atoms. The van der Waals surface area contributed by atoms with Gasteiger partial charge in [0.15, 0.2) is 5.75 Å². The van der Waals surface area contributed by atoms with Gasteiger partial charge in [-0.05, 0) is 72.1 Å². The molecule has 0 heterocycles. The Kier molecular flexibility index (Phi) is 7.34. The molecule has 0 saturated heterocycles. The second-order valence-electron chi connectivity index (χ2n) is 6.68. The largest absolute Gasteiger partial charge is 0.573 e. The maximum Gasteiger partial charge on any atom is 0.573 e. The fourth-order valence-corrected chi connectivity index (χ4v) is 4.94. The van der Waals surface area contributed by atoms with Gasteiger partial charge in [0.2, 0.25) is 10.0 Å². The first-order chi connectivity index (χ1) is 12.9. The number of benzene rings is 1. The van der Waals surface area contributed by atoms with Crippen LogP contribution in [0.25, 0.3) is 0 Å². The average Bonchev–Trinajstić information content (AvgIpc) is 2.57. The van der Waals surface area contributed by atoms with Crippen LogP contribution in [-0.2, 0) is 10.0 Å². The van der Waals surface area contributed by atoms with Crippen molar-refractivity contribution in [2.24, 2.45) is 22.7 Å². The fourth-order valence-electron chi connectivity index (χ4n) is 3.20. The molecular formula is C16H21BrF3N3O4S. The minimum atomic E-state index is -5.21. The highest BCUT2D eigenvalue weighted by Gasteiger charge is 2.37. The smallest absolute Gasteiger partial charge is 0.403 e. The summed E-state index contributed by atoms with van der Waals surface area (Å²) < 4.78 is 65.6. The standard InChI is InChI=1S/C16H21BrF3N3O4S/c17-12-6-5-11(13(27-16(18,19)20)14(12)28(22,25)26)15(24)23-8-10-3-1-9(7-21)2-4-10/h5-6,9-10H,1-4,7-8,21H2,(H,23,24)(H2,22,25,26)/t9-,10-. The van der Waals surface area contributed by atoms with Crippen LogP contribution in [0.3, 0.4) is 0 Å². The fraction of sp³-hybridized carbons (Fsp3) is 0.562. The quantitative estimate of drug-likeness (QED) is 0.568. The first-order valence-electron chi connectivity index (χ1n) is 8.51. The van der Waals surface area contributed by atoms with Crippen molar-refractivity contribution >= 4 is 31.9 Å². The van der Waals surface area contributed by atoms with Gasteiger partial charge in [0.1, 0.15) is 4.90 Å². The van der Waals surface area contributed by atoms with Crippen LogP contribution < -0.4 is 20.9 Å². The summed E-state index contributed by atoms with van der Waals surface area (Å²) in [7, 11) is -4.60. The molecule has 12 heteroatoms. The van der Waals surface area contributed by atoms with E-state index < -0.39 is 38.5 Å². The van der Waals surface area contributed by atoms with Crippen molar-refractivity contribution in [1.82, 2.24) is 5.32 Å². The Morgan fingerprint density at radius 3 is 2.29 bits per heavy atom. The number of nitrogens with one attached hydrogen (secondary N) is 1. The number of carbonyl (C=O) groups is 1. The summed E-state index contributed by atoms with van der Waals surface area (Å²) in [5, 5.41) is 7.57. The van der Waals surface area contributed by atoms with Gasteiger partial charge in [0, 0.05) is 11.0 Å². The molecule has 7 nitrogen and oxygen atoms in total. The van der Waals surface area contributed by atoms with Gasteiger partial charge >= 0.3 is 6.36 Å². The lowest BCUT2D eigenvalue weighted by Crippen LogP contribution is -2.33. The van der Waals surface area contributed by atoms with E-state index in [9.17, 15) is 26.4 Å². The molecular weight excluding hydrogens is 467 g/mol. The molecule has 1 amide bonds. The number of rotatable bonds is 6. The van der Waals surface area contributed by atoms with E-state index in [0.717, 1.165) is 37.8 Å². The van der Waals surface area contributed by atoms with E-state index in [1.54, 1.807) is 0 Å². The van der Waals surface area contributed by atoms with Crippen molar-refractivity contribution < 1.29 is 31.1 Å². The summed E-state index contributed by atoms with van der Waals surface area (Å²) in [6.07, 6.45) is -1.68. The van der Waals surface area contributed by atoms with Crippen molar-refractivity contribution in [3.8, 4) is 5.75 Å². The van der Waals surface area contributed by atoms with Gasteiger partial charge in [-0.3, -0.25) is 4.79 Å². The molecule has 1 aliphatic carbocycles. The van der Waals surface area contributed by atoms with E-state index in [2.05, 4.69) is 26.0 Å². The van der Waals surface area contributed by atoms with Crippen LogP contribution in [-0.4, -0.2) is 33.8 Å². The number of carbonyl (C=O) groups excluding carboxylic acids is 1. The van der Waals surface area contributed by atoms with Crippen molar-refractivity contribution in [1.29, 1.82) is 0 Å². The van der Waals surface area contributed by atoms with Crippen LogP contribution in [0.4, 0.5) is 13.2 Å². The van der Waals surface area contributed by atoms with Crippen LogP contribution in [0.5, 0.6) is 5.75 Å². The topological polar surface area (TPSA) is 125 Å². The maximum absolute atomic E-state index is 12.8. The zero-order valence-corrected chi connectivity index (χ0v) is 17.2. The van der Waals surface area contributed by atoms with Gasteiger partial charge in [-0.1, -0.05) is 0 Å². The van der Waals surface area contributed by atoms with Gasteiger partial charge in [-0.2, -0.15) is 0 Å². The number of amides is 1. The molecule has 28 heavy (non-hydrogen) atoms. The molecule has 0 unspecified atom stereocenters. The number of ether oxygens (including phenoxy) is 1. The molecule has 1 aliphatic rings. The number of primary sulfonamides is 1. The normalized spacial score (nSPS) is 20.6. The number of sulfonamides is 1. The average molecular weight is 488 g/mol. The monoisotopic (exact) mass is 487 g/mol. The second kappa shape index (κ2) is 8.97. The van der Waals surface area contributed by atoms with Gasteiger partial charge in [0.05, 0.1) is 5.56 Å². The Bertz CT molecular complexity index is 825. The van der Waals surface area contributed by atoms with Gasteiger partial charge in [0.25, 0.3) is 5.91 Å². The first kappa shape index (κ1) is 22.9. The molecule has 0 aromatic heterocycles. The summed E-state index contributed by atoms with van der Waals surface area (Å²) >= 11 is 2.84. The summed E-state index contributed by atoms with van der Waals surface area (Å²) in [6, 6.07) is 2.17. The van der Waals surface area contributed by atoms with E-state index >= 15 is 0 Å². The molecule has 0 aliphatic heterocycles. The van der Waals surface area contributed by atoms with Crippen molar-refractivity contribution in [2.45, 2.75) is 36.9 Å². The summed E-state index contributed by atoms with van der Waals surface area (Å²) in [4.78, 5) is 11.5. The third kappa shape index (κ3) is 6.06. The minimum absolute atomic E-state index is 0.173. The molecule has 0 atom stereocenters. The minimum Gasteiger partial charge on any atom is -0.403 e. The van der Waals surface area contributed by atoms with E-state index in [4.69, 9.17) is 10.9 Å². The van der Waals surface area contributed by atoms with Crippen molar-refractivity contribution in [3.05, 3.63) is 22.2 Å². The van der Waals surface area contributed by atoms with E-state index in [1.165, 1.54) is 0 Å². The zero-order chi connectivity index (χ0) is 21.1. The Morgan fingerprint density at radius 2 is 1.79 bits per heavy atom. The van der Waals surface area contributed by atoms with Crippen LogP contribution >= 0.6 is 15.9 Å². The Morgan fingerprint density at radius 1 is 1.21 bits per heavy atom. The van der Waals surface area contributed by atoms with E-state index in [1.807, 2.05) is 0 Å². The molecule has 1 aromatic carbocycles. The third-order valence-corrected chi connectivity index (χ3v) is 6.56. The molecule has 1 fully saturated rings. The van der Waals surface area contributed by atoms with Crippen LogP contribution in [0.1, 0.15) is 36.0 Å². The SMILES string of the molecule is NC[C@H]1CC[C@H](CNC(=O)c2ccc(Br)c(S(N)(=O)=O)c2OC(F)(F)F)CC1. The molecule has 2 rings (SSSR count). The number of halogens is 4. The lowest BCUT2D eigenvalue weighted by molar-refractivity contribution is -0.275. The number of alkyl halides is 3. The van der Waals surface area contributed by atoms with Crippen molar-refractivity contribution in [3.63, 3.8) is 0 Å². The van der Waals surface area contributed by atoms with Crippen molar-refractivity contribution in [2.75, 3.05) is 13.1 Å². The Labute approximate surface area is 169 Å². The number of nitrogens with two attached hydrogens (primary N) is 2.